The second-order valence-electron chi connectivity index (χ2n) is 5.87. The quantitative estimate of drug-likeness (QED) is 0.481. The Kier molecular flexibility index (Phi) is 1.65. The Bertz CT molecular complexity index is 1270. The molecule has 1 N–H and O–H groups in total. The smallest absolute Gasteiger partial charge is 0.349 e. The molecule has 3 aliphatic rings. The summed E-state index contributed by atoms with van der Waals surface area (Å²) in [5, 5.41) is 14.6. The van der Waals surface area contributed by atoms with Gasteiger partial charge in [0.25, 0.3) is 0 Å². The van der Waals surface area contributed by atoms with Crippen LogP contribution in [0, 0.1) is 0 Å². The lowest BCUT2D eigenvalue weighted by atomic mass is 9.95. The monoisotopic (exact) mass is 406 g/mol. The SMILES string of the molecule is [2H]C1([2H])C(OC(=O)C(O)(c2cccs2)c2cccs2)C([2H])([2H])C2([2H])C3([2H])OC3([2H])C1([2H])[N+]2(C([2H])([2H])[2H])C([2H])([2H])[2H]. The number of ether oxygens (including phenoxy) is 2. The molecule has 0 spiro atoms. The third-order valence-corrected chi connectivity index (χ3v) is 6.24. The maximum Gasteiger partial charge on any atom is 0.349 e. The number of carbonyl (C=O) groups excluding carboxylic acids is 1. The largest absolute Gasteiger partial charge is 0.459 e. The van der Waals surface area contributed by atoms with Crippen molar-refractivity contribution in [3.63, 3.8) is 0 Å². The van der Waals surface area contributed by atoms with E-state index in [-0.39, 0.29) is 9.75 Å². The first kappa shape index (κ1) is 7.64. The van der Waals surface area contributed by atoms with E-state index in [1.165, 1.54) is 35.0 Å². The lowest BCUT2D eigenvalue weighted by Crippen LogP contribution is -2.60. The van der Waals surface area contributed by atoms with Gasteiger partial charge in [-0.2, -0.15) is 0 Å². The molecular weight excluding hydrogens is 370 g/mol. The molecule has 0 saturated carbocycles. The van der Waals surface area contributed by atoms with Crippen LogP contribution < -0.4 is 0 Å². The first-order valence-corrected chi connectivity index (χ1v) is 9.30. The summed E-state index contributed by atoms with van der Waals surface area (Å²) in [6.07, 6.45) is -17.5. The number of carbonyl (C=O) groups is 1. The molecule has 138 valence electrons. The highest BCUT2D eigenvalue weighted by Crippen LogP contribution is 2.52. The molecule has 26 heavy (non-hydrogen) atoms. The molecule has 3 saturated heterocycles. The van der Waals surface area contributed by atoms with Crippen LogP contribution in [0.3, 0.4) is 0 Å². The number of rotatable bonds is 4. The van der Waals surface area contributed by atoms with E-state index < -0.39 is 73.1 Å². The van der Waals surface area contributed by atoms with Crippen molar-refractivity contribution >= 4 is 28.6 Å². The first-order valence-electron chi connectivity index (χ1n) is 14.5. The Hall–Kier alpha value is -1.25. The van der Waals surface area contributed by atoms with Gasteiger partial charge in [-0.3, -0.25) is 0 Å². The van der Waals surface area contributed by atoms with Crippen molar-refractivity contribution in [3.05, 3.63) is 44.8 Å². The van der Waals surface area contributed by atoms with Gasteiger partial charge >= 0.3 is 5.97 Å². The summed E-state index contributed by atoms with van der Waals surface area (Å²) in [6.45, 7) is -8.14. The minimum Gasteiger partial charge on any atom is -0.459 e. The number of morpholine rings is 1. The molecule has 4 atom stereocenters. The average Bonchev–Trinajstić information content (AvgIpc) is 3.31. The van der Waals surface area contributed by atoms with E-state index in [1.54, 1.807) is 0 Å². The molecule has 5 heterocycles. The fraction of sp³-hybridized carbons (Fsp3) is 0.526. The van der Waals surface area contributed by atoms with Crippen LogP contribution in [0.1, 0.15) is 41.7 Å². The fourth-order valence-corrected chi connectivity index (χ4v) is 4.67. The van der Waals surface area contributed by atoms with Crippen molar-refractivity contribution in [3.8, 4) is 0 Å². The van der Waals surface area contributed by atoms with Crippen LogP contribution in [0.5, 0.6) is 0 Å². The van der Waals surface area contributed by atoms with E-state index in [0.717, 1.165) is 22.7 Å². The molecule has 7 heteroatoms. The maximum atomic E-state index is 13.7. The molecule has 0 radical (unpaired) electrons. The number of epoxide rings is 1. The molecule has 2 aromatic rings. The summed E-state index contributed by atoms with van der Waals surface area (Å²) in [5.41, 5.74) is -2.63. The molecule has 2 aromatic heterocycles. The summed E-state index contributed by atoms with van der Waals surface area (Å²) >= 11 is 1.81. The summed E-state index contributed by atoms with van der Waals surface area (Å²) in [7, 11) is 0. The zero-order valence-corrected chi connectivity index (χ0v) is 14.6. The van der Waals surface area contributed by atoms with Gasteiger partial charge in [0.2, 0.25) is 5.60 Å². The molecule has 3 fully saturated rings. The van der Waals surface area contributed by atoms with Crippen LogP contribution in [0.4, 0.5) is 0 Å². The minimum atomic E-state index is -4.07. The lowest BCUT2D eigenvalue weighted by molar-refractivity contribution is -0.938. The first-order chi connectivity index (χ1) is 17.9. The Balaban J connectivity index is 1.77. The van der Waals surface area contributed by atoms with E-state index in [1.807, 2.05) is 0 Å². The second kappa shape index (κ2) is 5.62. The van der Waals surface area contributed by atoms with Crippen molar-refractivity contribution in [1.82, 2.24) is 0 Å². The van der Waals surface area contributed by atoms with Gasteiger partial charge in [0.15, 0.2) is 0 Å². The van der Waals surface area contributed by atoms with Gasteiger partial charge in [-0.25, -0.2) is 4.79 Å². The van der Waals surface area contributed by atoms with E-state index in [4.69, 9.17) is 28.7 Å². The van der Waals surface area contributed by atoms with E-state index >= 15 is 0 Å². The Morgan fingerprint density at radius 1 is 1.31 bits per heavy atom. The van der Waals surface area contributed by atoms with Crippen LogP contribution in [-0.4, -0.2) is 59.8 Å². The van der Waals surface area contributed by atoms with E-state index in [0.29, 0.717) is 0 Å². The van der Waals surface area contributed by atoms with Gasteiger partial charge in [-0.1, -0.05) is 12.1 Å². The summed E-state index contributed by atoms with van der Waals surface area (Å²) in [5.74, 6) is -1.66. The maximum absolute atomic E-state index is 13.7. The van der Waals surface area contributed by atoms with Gasteiger partial charge in [0.1, 0.15) is 30.3 Å². The molecule has 0 aromatic carbocycles. The minimum absolute atomic E-state index is 0.0174. The molecule has 3 aliphatic heterocycles. The van der Waals surface area contributed by atoms with Crippen molar-refractivity contribution < 1.29 is 43.0 Å². The third-order valence-electron chi connectivity index (χ3n) is 4.28. The van der Waals surface area contributed by atoms with Crippen molar-refractivity contribution in [2.24, 2.45) is 0 Å². The predicted octanol–water partition coefficient (Wildman–Crippen LogP) is 2.35. The number of nitrogens with zero attached hydrogens (tertiary/aromatic N) is 1. The highest BCUT2D eigenvalue weighted by molar-refractivity contribution is 7.12. The second-order valence-corrected chi connectivity index (χ2v) is 7.76. The van der Waals surface area contributed by atoms with Crippen LogP contribution >= 0.6 is 22.7 Å². The summed E-state index contributed by atoms with van der Waals surface area (Å²) in [4.78, 5) is 13.7. The number of aliphatic hydroxyl groups is 1. The molecule has 5 nitrogen and oxygen atoms in total. The number of esters is 1. The number of piperidine rings is 1. The van der Waals surface area contributed by atoms with Crippen molar-refractivity contribution in [2.75, 3.05) is 14.0 Å². The Labute approximate surface area is 180 Å². The summed E-state index contributed by atoms with van der Waals surface area (Å²) in [6, 6.07) is -2.21. The fourth-order valence-electron chi connectivity index (χ4n) is 2.96. The molecule has 4 unspecified atom stereocenters. The van der Waals surface area contributed by atoms with Gasteiger partial charge in [0.05, 0.1) is 37.4 Å². The zero-order chi connectivity index (χ0) is 30.4. The van der Waals surface area contributed by atoms with Crippen molar-refractivity contribution in [2.45, 2.75) is 48.6 Å². The zero-order valence-electron chi connectivity index (χ0n) is 27.0. The summed E-state index contributed by atoms with van der Waals surface area (Å²) < 4.78 is 127. The Morgan fingerprint density at radius 3 is 2.35 bits per heavy atom. The van der Waals surface area contributed by atoms with Crippen LogP contribution in [-0.2, 0) is 19.9 Å². The van der Waals surface area contributed by atoms with Gasteiger partial charge < -0.3 is 19.1 Å². The molecule has 0 amide bonds. The molecule has 5 rings (SSSR count). The molecule has 0 aliphatic carbocycles. The molecule has 2 bridgehead atoms. The van der Waals surface area contributed by atoms with Gasteiger partial charge in [-0.05, 0) is 22.9 Å². The molecular formula is C19H22NO4S2+. The normalized spacial score (nSPS) is 58.4. The predicted molar refractivity (Wildman–Crippen MR) is 99.1 cm³/mol. The average molecular weight is 407 g/mol. The van der Waals surface area contributed by atoms with Crippen LogP contribution in [0.2, 0.25) is 0 Å². The highest BCUT2D eigenvalue weighted by atomic mass is 32.1. The third kappa shape index (κ3) is 2.28. The van der Waals surface area contributed by atoms with Gasteiger partial charge in [-0.15, -0.1) is 22.7 Å². The van der Waals surface area contributed by atoms with E-state index in [2.05, 4.69) is 0 Å². The topological polar surface area (TPSA) is 59.1 Å². The number of fused-ring (bicyclic) bond motifs is 5. The van der Waals surface area contributed by atoms with E-state index in [9.17, 15) is 9.90 Å². The number of likely N-dealkylation sites (N-methyl/N-ethyl adjacent to an activating group) is 1. The Morgan fingerprint density at radius 2 is 1.88 bits per heavy atom. The standard InChI is InChI=1S/C19H22NO4S2/c1-20(2)12-9-11(10-13(20)17-16(12)24-17)23-18(21)19(22,14-5-3-7-25-14)15-6-4-8-26-15/h3-8,11-13,16-17,22H,9-10H2,1-2H3/q+1/i1D3,2D3,9D2,10D2,12D,13D,16D,17D. The number of quaternary nitrogens is 1. The van der Waals surface area contributed by atoms with Crippen molar-refractivity contribution in [1.29, 1.82) is 0 Å². The number of thiophene rings is 2. The lowest BCUT2D eigenvalue weighted by Gasteiger charge is -2.45. The number of hydrogen-bond acceptors (Lipinski definition) is 6. The van der Waals surface area contributed by atoms with Crippen LogP contribution in [0.25, 0.3) is 0 Å². The number of hydrogen-bond donors (Lipinski definition) is 1. The van der Waals surface area contributed by atoms with Gasteiger partial charge in [0, 0.05) is 18.2 Å². The highest BCUT2D eigenvalue weighted by Gasteiger charge is 2.71. The van der Waals surface area contributed by atoms with Crippen LogP contribution in [0.15, 0.2) is 35.0 Å².